The molecule has 3 atom stereocenters. The van der Waals surface area contributed by atoms with Gasteiger partial charge in [-0.3, -0.25) is 4.79 Å². The normalized spacial score (nSPS) is 17.6. The standard InChI is InChI=1S/C14H29NO3S/c1-6-15-14(5,13(17)18-7-2)8-12(4)19-10-11(3)9-16/h11-12,15-16H,6-10H2,1-5H3. The molecule has 0 aliphatic rings. The van der Waals surface area contributed by atoms with Crippen molar-refractivity contribution in [3.63, 3.8) is 0 Å². The lowest BCUT2D eigenvalue weighted by atomic mass is 9.96. The second-order valence-electron chi connectivity index (χ2n) is 5.22. The molecular formula is C14H29NO3S. The SMILES string of the molecule is CCNC(C)(CC(C)SCC(C)CO)C(=O)OCC. The van der Waals surface area contributed by atoms with Crippen LogP contribution in [0.2, 0.25) is 0 Å². The number of aliphatic hydroxyl groups excluding tert-OH is 1. The maximum absolute atomic E-state index is 12.1. The van der Waals surface area contributed by atoms with Crippen LogP contribution in [0.5, 0.6) is 0 Å². The summed E-state index contributed by atoms with van der Waals surface area (Å²) in [5, 5.41) is 12.6. The first kappa shape index (κ1) is 18.7. The Bertz CT molecular complexity index is 263. The van der Waals surface area contributed by atoms with Gasteiger partial charge in [0.2, 0.25) is 0 Å². The molecule has 0 aromatic rings. The number of aliphatic hydroxyl groups is 1. The highest BCUT2D eigenvalue weighted by Gasteiger charge is 2.35. The molecule has 0 heterocycles. The van der Waals surface area contributed by atoms with E-state index < -0.39 is 5.54 Å². The molecule has 3 unspecified atom stereocenters. The summed E-state index contributed by atoms with van der Waals surface area (Å²) in [5.41, 5.74) is -0.625. The molecule has 4 nitrogen and oxygen atoms in total. The van der Waals surface area contributed by atoms with Gasteiger partial charge < -0.3 is 15.2 Å². The average molecular weight is 291 g/mol. The van der Waals surface area contributed by atoms with Crippen LogP contribution in [0.3, 0.4) is 0 Å². The zero-order valence-electron chi connectivity index (χ0n) is 12.9. The maximum atomic E-state index is 12.1. The van der Waals surface area contributed by atoms with Gasteiger partial charge in [-0.05, 0) is 38.5 Å². The molecule has 0 bridgehead atoms. The van der Waals surface area contributed by atoms with Crippen molar-refractivity contribution in [2.24, 2.45) is 5.92 Å². The van der Waals surface area contributed by atoms with Crippen LogP contribution in [0, 0.1) is 5.92 Å². The molecule has 0 rings (SSSR count). The van der Waals surface area contributed by atoms with E-state index in [1.807, 2.05) is 27.7 Å². The Hall–Kier alpha value is -0.260. The van der Waals surface area contributed by atoms with Crippen molar-refractivity contribution in [3.05, 3.63) is 0 Å². The van der Waals surface area contributed by atoms with Crippen LogP contribution in [0.25, 0.3) is 0 Å². The summed E-state index contributed by atoms with van der Waals surface area (Å²) in [6.45, 7) is 11.2. The lowest BCUT2D eigenvalue weighted by Gasteiger charge is -2.30. The molecule has 0 aromatic carbocycles. The number of thioether (sulfide) groups is 1. The van der Waals surface area contributed by atoms with Crippen LogP contribution < -0.4 is 5.32 Å². The highest BCUT2D eigenvalue weighted by molar-refractivity contribution is 7.99. The van der Waals surface area contributed by atoms with E-state index in [2.05, 4.69) is 12.2 Å². The van der Waals surface area contributed by atoms with Gasteiger partial charge in [0.25, 0.3) is 0 Å². The van der Waals surface area contributed by atoms with Gasteiger partial charge in [0.15, 0.2) is 0 Å². The predicted octanol–water partition coefficient (Wildman–Crippen LogP) is 2.06. The summed E-state index contributed by atoms with van der Waals surface area (Å²) in [6.07, 6.45) is 0.725. The lowest BCUT2D eigenvalue weighted by molar-refractivity contribution is -0.150. The summed E-state index contributed by atoms with van der Waals surface area (Å²) >= 11 is 1.79. The van der Waals surface area contributed by atoms with Crippen molar-refractivity contribution >= 4 is 17.7 Å². The molecule has 0 spiro atoms. The summed E-state index contributed by atoms with van der Waals surface area (Å²) in [6, 6.07) is 0. The summed E-state index contributed by atoms with van der Waals surface area (Å²) < 4.78 is 5.16. The molecule has 19 heavy (non-hydrogen) atoms. The van der Waals surface area contributed by atoms with E-state index in [4.69, 9.17) is 9.84 Å². The minimum Gasteiger partial charge on any atom is -0.465 e. The van der Waals surface area contributed by atoms with E-state index in [9.17, 15) is 4.79 Å². The van der Waals surface area contributed by atoms with E-state index in [1.165, 1.54) is 0 Å². The van der Waals surface area contributed by atoms with Crippen LogP contribution in [-0.4, -0.2) is 47.4 Å². The second kappa shape index (κ2) is 9.61. The average Bonchev–Trinajstić information content (AvgIpc) is 2.36. The molecule has 0 fully saturated rings. The van der Waals surface area contributed by atoms with Crippen LogP contribution in [-0.2, 0) is 9.53 Å². The minimum absolute atomic E-state index is 0.181. The van der Waals surface area contributed by atoms with Gasteiger partial charge in [-0.25, -0.2) is 0 Å². The summed E-state index contributed by atoms with van der Waals surface area (Å²) in [4.78, 5) is 12.1. The van der Waals surface area contributed by atoms with E-state index in [0.29, 0.717) is 17.8 Å². The molecule has 0 aromatic heterocycles. The number of ether oxygens (including phenoxy) is 1. The van der Waals surface area contributed by atoms with Crippen LogP contribution >= 0.6 is 11.8 Å². The first-order chi connectivity index (χ1) is 8.89. The Labute approximate surface area is 121 Å². The smallest absolute Gasteiger partial charge is 0.326 e. The van der Waals surface area contributed by atoms with E-state index in [-0.39, 0.29) is 12.6 Å². The van der Waals surface area contributed by atoms with Crippen molar-refractivity contribution in [2.45, 2.75) is 51.8 Å². The Balaban J connectivity index is 4.43. The zero-order chi connectivity index (χ0) is 14.9. The highest BCUT2D eigenvalue weighted by atomic mass is 32.2. The monoisotopic (exact) mass is 291 g/mol. The number of esters is 1. The van der Waals surface area contributed by atoms with Crippen LogP contribution in [0.4, 0.5) is 0 Å². The molecule has 0 amide bonds. The zero-order valence-corrected chi connectivity index (χ0v) is 13.7. The molecule has 114 valence electrons. The fourth-order valence-electron chi connectivity index (χ4n) is 1.92. The van der Waals surface area contributed by atoms with E-state index in [0.717, 1.165) is 18.7 Å². The lowest BCUT2D eigenvalue weighted by Crippen LogP contribution is -2.51. The van der Waals surface area contributed by atoms with E-state index in [1.54, 1.807) is 11.8 Å². The third-order valence-electron chi connectivity index (χ3n) is 2.97. The second-order valence-corrected chi connectivity index (χ2v) is 6.69. The van der Waals surface area contributed by atoms with Crippen molar-refractivity contribution in [1.29, 1.82) is 0 Å². The fourth-order valence-corrected chi connectivity index (χ4v) is 3.14. The number of hydrogen-bond donors (Lipinski definition) is 2. The quantitative estimate of drug-likeness (QED) is 0.603. The Kier molecular flexibility index (Phi) is 9.48. The number of nitrogens with one attached hydrogen (secondary N) is 1. The molecular weight excluding hydrogens is 262 g/mol. The molecule has 0 saturated heterocycles. The molecule has 5 heteroatoms. The van der Waals surface area contributed by atoms with Crippen molar-refractivity contribution in [1.82, 2.24) is 5.32 Å². The van der Waals surface area contributed by atoms with Crippen molar-refractivity contribution < 1.29 is 14.6 Å². The predicted molar refractivity (Wildman–Crippen MR) is 81.5 cm³/mol. The Morgan fingerprint density at radius 1 is 1.42 bits per heavy atom. The van der Waals surface area contributed by atoms with Gasteiger partial charge in [-0.1, -0.05) is 20.8 Å². The van der Waals surface area contributed by atoms with Crippen LogP contribution in [0.1, 0.15) is 41.0 Å². The van der Waals surface area contributed by atoms with Gasteiger partial charge in [-0.2, -0.15) is 11.8 Å². The first-order valence-electron chi connectivity index (χ1n) is 7.04. The maximum Gasteiger partial charge on any atom is 0.326 e. The Morgan fingerprint density at radius 3 is 2.53 bits per heavy atom. The number of carbonyl (C=O) groups is 1. The minimum atomic E-state index is -0.625. The third kappa shape index (κ3) is 7.18. The number of carbonyl (C=O) groups excluding carboxylic acids is 1. The van der Waals surface area contributed by atoms with Gasteiger partial charge in [0, 0.05) is 11.9 Å². The molecule has 2 N–H and O–H groups in total. The molecule has 0 saturated carbocycles. The van der Waals surface area contributed by atoms with E-state index >= 15 is 0 Å². The Morgan fingerprint density at radius 2 is 2.05 bits per heavy atom. The highest BCUT2D eigenvalue weighted by Crippen LogP contribution is 2.24. The van der Waals surface area contributed by atoms with Gasteiger partial charge in [0.05, 0.1) is 6.61 Å². The number of rotatable bonds is 10. The largest absolute Gasteiger partial charge is 0.465 e. The fraction of sp³-hybridized carbons (Fsp3) is 0.929. The summed E-state index contributed by atoms with van der Waals surface area (Å²) in [5.74, 6) is 1.02. The van der Waals surface area contributed by atoms with Gasteiger partial charge >= 0.3 is 5.97 Å². The first-order valence-corrected chi connectivity index (χ1v) is 8.09. The molecule has 0 aliphatic carbocycles. The third-order valence-corrected chi connectivity index (χ3v) is 4.46. The number of likely N-dealkylation sites (N-methyl/N-ethyl adjacent to an activating group) is 1. The molecule has 0 aliphatic heterocycles. The summed E-state index contributed by atoms with van der Waals surface area (Å²) in [7, 11) is 0. The molecule has 0 radical (unpaired) electrons. The number of hydrogen-bond acceptors (Lipinski definition) is 5. The topological polar surface area (TPSA) is 58.6 Å². The van der Waals surface area contributed by atoms with Crippen LogP contribution in [0.15, 0.2) is 0 Å². The van der Waals surface area contributed by atoms with Gasteiger partial charge in [-0.15, -0.1) is 0 Å². The van der Waals surface area contributed by atoms with Crippen molar-refractivity contribution in [3.8, 4) is 0 Å². The van der Waals surface area contributed by atoms with Crippen molar-refractivity contribution in [2.75, 3.05) is 25.5 Å². The van der Waals surface area contributed by atoms with Gasteiger partial charge in [0.1, 0.15) is 5.54 Å².